The van der Waals surface area contributed by atoms with E-state index < -0.39 is 34.0 Å². The second kappa shape index (κ2) is 6.33. The Hall–Kier alpha value is 0.218. The SMILES string of the molecule is C[Si](C)(C)O[Si](OC=O)(O[Si](C)(C)C)O[Si](C)(C)C. The van der Waals surface area contributed by atoms with E-state index in [1.807, 2.05) is 58.9 Å². The highest BCUT2D eigenvalue weighted by atomic mass is 28.5. The van der Waals surface area contributed by atoms with Gasteiger partial charge in [0.25, 0.3) is 6.47 Å². The molecule has 5 nitrogen and oxygen atoms in total. The zero-order valence-electron chi connectivity index (χ0n) is 13.6. The summed E-state index contributed by atoms with van der Waals surface area (Å²) >= 11 is 0. The molecule has 0 heterocycles. The lowest BCUT2D eigenvalue weighted by molar-refractivity contribution is -0.125. The highest BCUT2D eigenvalue weighted by Gasteiger charge is 2.55. The minimum atomic E-state index is -3.38. The fourth-order valence-corrected chi connectivity index (χ4v) is 12.6. The first kappa shape index (κ1) is 19.2. The molecule has 19 heavy (non-hydrogen) atoms. The summed E-state index contributed by atoms with van der Waals surface area (Å²) in [6.07, 6.45) is 0. The molecule has 9 heteroatoms. The van der Waals surface area contributed by atoms with E-state index in [9.17, 15) is 4.79 Å². The van der Waals surface area contributed by atoms with Crippen LogP contribution < -0.4 is 0 Å². The van der Waals surface area contributed by atoms with Crippen LogP contribution in [0.1, 0.15) is 0 Å². The Kier molecular flexibility index (Phi) is 6.40. The van der Waals surface area contributed by atoms with Gasteiger partial charge in [-0.2, -0.15) is 0 Å². The summed E-state index contributed by atoms with van der Waals surface area (Å²) in [6.45, 7) is 18.7. The van der Waals surface area contributed by atoms with Gasteiger partial charge in [0.1, 0.15) is 0 Å². The zero-order chi connectivity index (χ0) is 15.5. The number of carbonyl (C=O) groups excluding carboxylic acids is 1. The Labute approximate surface area is 121 Å². The first-order chi connectivity index (χ1) is 8.18. The molecule has 0 fully saturated rings. The van der Waals surface area contributed by atoms with Crippen molar-refractivity contribution in [3.63, 3.8) is 0 Å². The normalized spacial score (nSPS) is 14.4. The molecule has 0 aromatic carbocycles. The van der Waals surface area contributed by atoms with Crippen LogP contribution >= 0.6 is 0 Å². The van der Waals surface area contributed by atoms with Gasteiger partial charge in [-0.05, 0) is 58.9 Å². The minimum absolute atomic E-state index is 0.395. The second-order valence-electron chi connectivity index (χ2n) is 7.36. The summed E-state index contributed by atoms with van der Waals surface area (Å²) in [7, 11) is -9.26. The molecular formula is C10H28O5Si4. The predicted molar refractivity (Wildman–Crippen MR) is 86.2 cm³/mol. The van der Waals surface area contributed by atoms with E-state index in [1.165, 1.54) is 0 Å². The molecule has 0 aliphatic rings. The highest BCUT2D eigenvalue weighted by molar-refractivity contribution is 6.88. The quantitative estimate of drug-likeness (QED) is 0.502. The van der Waals surface area contributed by atoms with Crippen molar-refractivity contribution in [2.24, 2.45) is 0 Å². The van der Waals surface area contributed by atoms with E-state index in [-0.39, 0.29) is 0 Å². The Morgan fingerprint density at radius 1 is 0.632 bits per heavy atom. The average Bonchev–Trinajstić information content (AvgIpc) is 1.90. The third-order valence-corrected chi connectivity index (χ3v) is 12.2. The molecule has 0 aromatic heterocycles. The summed E-state index contributed by atoms with van der Waals surface area (Å²) in [5.41, 5.74) is 0. The standard InChI is InChI=1S/C10H28O5Si4/c1-16(2,3)13-19(12-10-11,14-17(4,5)6)15-18(7,8)9/h10H,1-9H3. The number of hydrogen-bond acceptors (Lipinski definition) is 5. The van der Waals surface area contributed by atoms with Crippen LogP contribution in [0.5, 0.6) is 0 Å². The molecule has 0 bridgehead atoms. The van der Waals surface area contributed by atoms with Crippen LogP contribution in [-0.4, -0.2) is 40.5 Å². The zero-order valence-corrected chi connectivity index (χ0v) is 17.6. The number of hydrogen-bond donors (Lipinski definition) is 0. The molecule has 0 unspecified atom stereocenters. The van der Waals surface area contributed by atoms with Crippen molar-refractivity contribution in [2.45, 2.75) is 58.9 Å². The summed E-state index contributed by atoms with van der Waals surface area (Å²) < 4.78 is 23.5. The topological polar surface area (TPSA) is 54.0 Å². The molecular weight excluding hydrogens is 312 g/mol. The monoisotopic (exact) mass is 340 g/mol. The molecule has 0 aliphatic carbocycles. The first-order valence-electron chi connectivity index (χ1n) is 6.40. The van der Waals surface area contributed by atoms with E-state index in [4.69, 9.17) is 16.8 Å². The molecule has 0 aromatic rings. The van der Waals surface area contributed by atoms with Crippen molar-refractivity contribution >= 4 is 40.5 Å². The van der Waals surface area contributed by atoms with Gasteiger partial charge in [0.2, 0.25) is 0 Å². The van der Waals surface area contributed by atoms with Gasteiger partial charge in [-0.25, -0.2) is 0 Å². The number of carbonyl (C=O) groups is 1. The molecule has 0 spiro atoms. The van der Waals surface area contributed by atoms with Crippen molar-refractivity contribution in [1.82, 2.24) is 0 Å². The van der Waals surface area contributed by atoms with Gasteiger partial charge in [0.15, 0.2) is 25.0 Å². The van der Waals surface area contributed by atoms with Gasteiger partial charge in [-0.3, -0.25) is 4.79 Å². The van der Waals surface area contributed by atoms with Crippen molar-refractivity contribution in [3.05, 3.63) is 0 Å². The Morgan fingerprint density at radius 2 is 0.895 bits per heavy atom. The van der Waals surface area contributed by atoms with Crippen LogP contribution in [0.25, 0.3) is 0 Å². The van der Waals surface area contributed by atoms with Crippen LogP contribution in [-0.2, 0) is 21.6 Å². The van der Waals surface area contributed by atoms with Crippen LogP contribution in [0.15, 0.2) is 0 Å². The summed E-state index contributed by atoms with van der Waals surface area (Å²) in [5, 5.41) is 0. The molecule has 0 aliphatic heterocycles. The van der Waals surface area contributed by atoms with Gasteiger partial charge in [0, 0.05) is 0 Å². The van der Waals surface area contributed by atoms with E-state index >= 15 is 0 Å². The Morgan fingerprint density at radius 3 is 1.05 bits per heavy atom. The van der Waals surface area contributed by atoms with Gasteiger partial charge < -0.3 is 16.8 Å². The van der Waals surface area contributed by atoms with Crippen molar-refractivity contribution in [1.29, 1.82) is 0 Å². The fraction of sp³-hybridized carbons (Fsp3) is 0.900. The molecule has 0 N–H and O–H groups in total. The average molecular weight is 341 g/mol. The van der Waals surface area contributed by atoms with Gasteiger partial charge in [-0.15, -0.1) is 0 Å². The minimum Gasteiger partial charge on any atom is -0.456 e. The predicted octanol–water partition coefficient (Wildman–Crippen LogP) is 3.15. The van der Waals surface area contributed by atoms with Gasteiger partial charge in [0.05, 0.1) is 0 Å². The lowest BCUT2D eigenvalue weighted by atomic mass is 11.7. The lowest BCUT2D eigenvalue weighted by Gasteiger charge is -2.39. The summed E-state index contributed by atoms with van der Waals surface area (Å²) in [4.78, 5) is 10.9. The Bertz CT molecular complexity index is 262. The maximum Gasteiger partial charge on any atom is 0.719 e. The first-order valence-corrected chi connectivity index (χ1v) is 18.3. The fourth-order valence-electron chi connectivity index (χ4n) is 1.32. The Balaban J connectivity index is 5.40. The van der Waals surface area contributed by atoms with E-state index in [0.717, 1.165) is 0 Å². The molecule has 0 atom stereocenters. The van der Waals surface area contributed by atoms with Gasteiger partial charge in [-0.1, -0.05) is 0 Å². The van der Waals surface area contributed by atoms with Gasteiger partial charge >= 0.3 is 9.05 Å². The third kappa shape index (κ3) is 9.71. The maximum atomic E-state index is 10.9. The third-order valence-electron chi connectivity index (χ3n) is 1.49. The van der Waals surface area contributed by atoms with E-state index in [0.29, 0.717) is 6.47 Å². The van der Waals surface area contributed by atoms with Crippen LogP contribution in [0, 0.1) is 0 Å². The lowest BCUT2D eigenvalue weighted by Crippen LogP contribution is -2.62. The number of rotatable bonds is 8. The molecule has 114 valence electrons. The smallest absolute Gasteiger partial charge is 0.456 e. The van der Waals surface area contributed by atoms with Crippen LogP contribution in [0.2, 0.25) is 58.9 Å². The molecule has 0 saturated heterocycles. The molecule has 0 saturated carbocycles. The largest absolute Gasteiger partial charge is 0.719 e. The highest BCUT2D eigenvalue weighted by Crippen LogP contribution is 2.25. The van der Waals surface area contributed by atoms with Crippen molar-refractivity contribution < 1.29 is 21.6 Å². The van der Waals surface area contributed by atoms with Crippen molar-refractivity contribution in [3.8, 4) is 0 Å². The van der Waals surface area contributed by atoms with E-state index in [1.54, 1.807) is 0 Å². The van der Waals surface area contributed by atoms with E-state index in [2.05, 4.69) is 0 Å². The molecule has 0 amide bonds. The molecule has 0 radical (unpaired) electrons. The second-order valence-corrected chi connectivity index (χ2v) is 23.7. The van der Waals surface area contributed by atoms with Crippen LogP contribution in [0.4, 0.5) is 0 Å². The summed E-state index contributed by atoms with van der Waals surface area (Å²) in [5.74, 6) is 0. The summed E-state index contributed by atoms with van der Waals surface area (Å²) in [6, 6.07) is 0. The molecule has 0 rings (SSSR count). The maximum absolute atomic E-state index is 10.9. The van der Waals surface area contributed by atoms with Crippen LogP contribution in [0.3, 0.4) is 0 Å². The van der Waals surface area contributed by atoms with Crippen molar-refractivity contribution in [2.75, 3.05) is 0 Å².